The van der Waals surface area contributed by atoms with Gasteiger partial charge in [0.1, 0.15) is 0 Å². The summed E-state index contributed by atoms with van der Waals surface area (Å²) in [5.41, 5.74) is 0. The number of unbranched alkanes of at least 4 members (excludes halogenated alkanes) is 3. The SMILES string of the molecule is CC(C)CCCCCCN1C(=O)CNC1C(C)C. The van der Waals surface area contributed by atoms with E-state index in [0.29, 0.717) is 12.5 Å². The van der Waals surface area contributed by atoms with Crippen molar-refractivity contribution in [3.05, 3.63) is 0 Å². The van der Waals surface area contributed by atoms with Gasteiger partial charge in [0.05, 0.1) is 12.7 Å². The van der Waals surface area contributed by atoms with Crippen LogP contribution in [0.1, 0.15) is 59.8 Å². The Hall–Kier alpha value is -0.570. The van der Waals surface area contributed by atoms with Gasteiger partial charge in [-0.2, -0.15) is 0 Å². The summed E-state index contributed by atoms with van der Waals surface area (Å²) in [6.45, 7) is 10.4. The number of rotatable bonds is 8. The molecule has 0 bridgehead atoms. The topological polar surface area (TPSA) is 32.3 Å². The molecule has 0 aromatic heterocycles. The summed E-state index contributed by atoms with van der Waals surface area (Å²) in [5.74, 6) is 1.59. The van der Waals surface area contributed by atoms with Crippen LogP contribution in [0.15, 0.2) is 0 Å². The molecule has 0 aromatic carbocycles. The average molecular weight is 254 g/mol. The van der Waals surface area contributed by atoms with Gasteiger partial charge >= 0.3 is 0 Å². The predicted octanol–water partition coefficient (Wildman–Crippen LogP) is 3.01. The van der Waals surface area contributed by atoms with E-state index < -0.39 is 0 Å². The Morgan fingerprint density at radius 2 is 1.83 bits per heavy atom. The Kier molecular flexibility index (Phi) is 6.69. The van der Waals surface area contributed by atoms with Gasteiger partial charge in [0.25, 0.3) is 0 Å². The first kappa shape index (κ1) is 15.5. The molecule has 3 nitrogen and oxygen atoms in total. The summed E-state index contributed by atoms with van der Waals surface area (Å²) in [6.07, 6.45) is 6.62. The molecule has 1 unspecified atom stereocenters. The van der Waals surface area contributed by atoms with Crippen LogP contribution in [-0.4, -0.2) is 30.1 Å². The van der Waals surface area contributed by atoms with Crippen molar-refractivity contribution in [3.63, 3.8) is 0 Å². The molecule has 1 amide bonds. The smallest absolute Gasteiger partial charge is 0.237 e. The van der Waals surface area contributed by atoms with Crippen molar-refractivity contribution in [2.45, 2.75) is 66.0 Å². The van der Waals surface area contributed by atoms with Crippen LogP contribution in [0.5, 0.6) is 0 Å². The molecule has 1 fully saturated rings. The largest absolute Gasteiger partial charge is 0.326 e. The van der Waals surface area contributed by atoms with Crippen LogP contribution in [0.4, 0.5) is 0 Å². The van der Waals surface area contributed by atoms with Crippen LogP contribution in [0.25, 0.3) is 0 Å². The monoisotopic (exact) mass is 254 g/mol. The third kappa shape index (κ3) is 4.97. The molecule has 1 aliphatic rings. The summed E-state index contributed by atoms with van der Waals surface area (Å²) in [7, 11) is 0. The van der Waals surface area contributed by atoms with Crippen molar-refractivity contribution < 1.29 is 4.79 Å². The van der Waals surface area contributed by atoms with Crippen molar-refractivity contribution in [1.29, 1.82) is 0 Å². The number of amides is 1. The highest BCUT2D eigenvalue weighted by Crippen LogP contribution is 2.15. The lowest BCUT2D eigenvalue weighted by Gasteiger charge is -2.27. The van der Waals surface area contributed by atoms with E-state index in [4.69, 9.17) is 0 Å². The third-order valence-electron chi connectivity index (χ3n) is 3.68. The lowest BCUT2D eigenvalue weighted by molar-refractivity contribution is -0.128. The van der Waals surface area contributed by atoms with E-state index in [2.05, 4.69) is 33.0 Å². The molecule has 1 heterocycles. The van der Waals surface area contributed by atoms with Crippen LogP contribution >= 0.6 is 0 Å². The van der Waals surface area contributed by atoms with Crippen molar-refractivity contribution >= 4 is 5.91 Å². The zero-order valence-electron chi connectivity index (χ0n) is 12.5. The number of nitrogens with one attached hydrogen (secondary N) is 1. The first-order chi connectivity index (χ1) is 8.52. The maximum absolute atomic E-state index is 11.8. The molecule has 0 aliphatic carbocycles. The van der Waals surface area contributed by atoms with Gasteiger partial charge in [-0.05, 0) is 18.3 Å². The maximum atomic E-state index is 11.8. The molecular weight excluding hydrogens is 224 g/mol. The lowest BCUT2D eigenvalue weighted by Crippen LogP contribution is -2.41. The molecular formula is C15H30N2O. The van der Waals surface area contributed by atoms with Crippen LogP contribution in [0, 0.1) is 11.8 Å². The molecule has 0 spiro atoms. The number of hydrogen-bond donors (Lipinski definition) is 1. The Balaban J connectivity index is 2.15. The van der Waals surface area contributed by atoms with Crippen molar-refractivity contribution in [3.8, 4) is 0 Å². The third-order valence-corrected chi connectivity index (χ3v) is 3.68. The second-order valence-corrected chi connectivity index (χ2v) is 6.25. The molecule has 1 atom stereocenters. The fourth-order valence-corrected chi connectivity index (χ4v) is 2.61. The molecule has 0 aromatic rings. The lowest BCUT2D eigenvalue weighted by atomic mass is 10.0. The molecule has 18 heavy (non-hydrogen) atoms. The Bertz CT molecular complexity index is 251. The summed E-state index contributed by atoms with van der Waals surface area (Å²) in [6, 6.07) is 0. The van der Waals surface area contributed by atoms with Crippen LogP contribution in [0.2, 0.25) is 0 Å². The number of nitrogens with zero attached hydrogens (tertiary/aromatic N) is 1. The maximum Gasteiger partial charge on any atom is 0.237 e. The molecule has 3 heteroatoms. The van der Waals surface area contributed by atoms with Gasteiger partial charge < -0.3 is 4.90 Å². The highest BCUT2D eigenvalue weighted by atomic mass is 16.2. The molecule has 0 saturated carbocycles. The standard InChI is InChI=1S/C15H30N2O/c1-12(2)9-7-5-6-8-10-17-14(18)11-16-15(17)13(3)4/h12-13,15-16H,5-11H2,1-4H3. The van der Waals surface area contributed by atoms with Gasteiger partial charge in [-0.3, -0.25) is 10.1 Å². The molecule has 0 radical (unpaired) electrons. The summed E-state index contributed by atoms with van der Waals surface area (Å²) in [4.78, 5) is 13.8. The van der Waals surface area contributed by atoms with E-state index in [0.717, 1.165) is 18.9 Å². The van der Waals surface area contributed by atoms with Gasteiger partial charge in [-0.15, -0.1) is 0 Å². The van der Waals surface area contributed by atoms with Gasteiger partial charge in [0.2, 0.25) is 5.91 Å². The minimum Gasteiger partial charge on any atom is -0.326 e. The van der Waals surface area contributed by atoms with Crippen molar-refractivity contribution in [2.75, 3.05) is 13.1 Å². The van der Waals surface area contributed by atoms with E-state index in [9.17, 15) is 4.79 Å². The van der Waals surface area contributed by atoms with Gasteiger partial charge in [-0.1, -0.05) is 53.4 Å². The van der Waals surface area contributed by atoms with E-state index in [1.165, 1.54) is 25.7 Å². The Morgan fingerprint density at radius 3 is 2.44 bits per heavy atom. The van der Waals surface area contributed by atoms with Crippen molar-refractivity contribution in [2.24, 2.45) is 11.8 Å². The fourth-order valence-electron chi connectivity index (χ4n) is 2.61. The number of carbonyl (C=O) groups excluding carboxylic acids is 1. The Morgan fingerprint density at radius 1 is 1.17 bits per heavy atom. The van der Waals surface area contributed by atoms with Crippen LogP contribution in [-0.2, 0) is 4.79 Å². The van der Waals surface area contributed by atoms with E-state index in [1.54, 1.807) is 0 Å². The van der Waals surface area contributed by atoms with Gasteiger partial charge in [0.15, 0.2) is 0 Å². The number of hydrogen-bond acceptors (Lipinski definition) is 2. The van der Waals surface area contributed by atoms with Crippen LogP contribution < -0.4 is 5.32 Å². The minimum atomic E-state index is 0.258. The number of carbonyl (C=O) groups is 1. The van der Waals surface area contributed by atoms with Gasteiger partial charge in [0, 0.05) is 6.54 Å². The van der Waals surface area contributed by atoms with Crippen molar-refractivity contribution in [1.82, 2.24) is 10.2 Å². The first-order valence-corrected chi connectivity index (χ1v) is 7.55. The van der Waals surface area contributed by atoms with E-state index in [-0.39, 0.29) is 12.1 Å². The molecule has 1 rings (SSSR count). The summed E-state index contributed by atoms with van der Waals surface area (Å²) in [5, 5.41) is 3.30. The first-order valence-electron chi connectivity index (χ1n) is 7.55. The zero-order valence-corrected chi connectivity index (χ0v) is 12.5. The normalized spacial score (nSPS) is 20.4. The quantitative estimate of drug-likeness (QED) is 0.675. The van der Waals surface area contributed by atoms with E-state index >= 15 is 0 Å². The summed E-state index contributed by atoms with van der Waals surface area (Å²) < 4.78 is 0. The van der Waals surface area contributed by atoms with Crippen LogP contribution in [0.3, 0.4) is 0 Å². The molecule has 1 saturated heterocycles. The van der Waals surface area contributed by atoms with E-state index in [1.807, 2.05) is 4.90 Å². The molecule has 1 aliphatic heterocycles. The molecule has 106 valence electrons. The Labute approximate surface area is 112 Å². The fraction of sp³-hybridized carbons (Fsp3) is 0.933. The highest BCUT2D eigenvalue weighted by Gasteiger charge is 2.31. The highest BCUT2D eigenvalue weighted by molar-refractivity contribution is 5.80. The second kappa shape index (κ2) is 7.78. The average Bonchev–Trinajstić information content (AvgIpc) is 2.65. The second-order valence-electron chi connectivity index (χ2n) is 6.25. The molecule has 1 N–H and O–H groups in total. The minimum absolute atomic E-state index is 0.258. The zero-order chi connectivity index (χ0) is 13.5. The van der Waals surface area contributed by atoms with Gasteiger partial charge in [-0.25, -0.2) is 0 Å². The predicted molar refractivity (Wildman–Crippen MR) is 76.3 cm³/mol. The summed E-state index contributed by atoms with van der Waals surface area (Å²) >= 11 is 0.